The number of benzene rings is 1. The molecule has 2 bridgehead atoms. The van der Waals surface area contributed by atoms with Crippen molar-refractivity contribution in [3.8, 4) is 16.5 Å². The predicted octanol–water partition coefficient (Wildman–Crippen LogP) is 3.11. The van der Waals surface area contributed by atoms with E-state index in [1.165, 1.54) is 11.3 Å². The molecular formula is C19H19N3OS. The van der Waals surface area contributed by atoms with Gasteiger partial charge in [-0.3, -0.25) is 4.79 Å². The molecule has 1 amide bonds. The molecule has 1 aromatic heterocycles. The van der Waals surface area contributed by atoms with Gasteiger partial charge < -0.3 is 10.2 Å². The van der Waals surface area contributed by atoms with E-state index in [2.05, 4.69) is 16.3 Å². The summed E-state index contributed by atoms with van der Waals surface area (Å²) in [7, 11) is 0. The first kappa shape index (κ1) is 15.4. The van der Waals surface area contributed by atoms with Crippen molar-refractivity contribution in [3.63, 3.8) is 0 Å². The molecule has 0 spiro atoms. The molecule has 24 heavy (non-hydrogen) atoms. The summed E-state index contributed by atoms with van der Waals surface area (Å²) in [6, 6.07) is 14.1. The summed E-state index contributed by atoms with van der Waals surface area (Å²) in [6.07, 6.45) is 2.32. The first-order valence-corrected chi connectivity index (χ1v) is 9.19. The predicted molar refractivity (Wildman–Crippen MR) is 94.9 cm³/mol. The summed E-state index contributed by atoms with van der Waals surface area (Å²) in [4.78, 5) is 16.7. The number of fused-ring (bicyclic) bond motifs is 3. The maximum atomic E-state index is 12.7. The lowest BCUT2D eigenvalue weighted by molar-refractivity contribution is 0.0622. The van der Waals surface area contributed by atoms with Crippen LogP contribution in [0.1, 0.15) is 28.1 Å². The Kier molecular flexibility index (Phi) is 4.09. The molecule has 2 aromatic rings. The Hall–Kier alpha value is -2.16. The van der Waals surface area contributed by atoms with E-state index in [-0.39, 0.29) is 11.9 Å². The first-order chi connectivity index (χ1) is 11.7. The Labute approximate surface area is 145 Å². The summed E-state index contributed by atoms with van der Waals surface area (Å²) in [5, 5.41) is 12.6. The summed E-state index contributed by atoms with van der Waals surface area (Å²) < 4.78 is 0. The van der Waals surface area contributed by atoms with Crippen LogP contribution in [-0.2, 0) is 0 Å². The first-order valence-electron chi connectivity index (χ1n) is 8.37. The molecule has 0 unspecified atom stereocenters. The second-order valence-corrected chi connectivity index (χ2v) is 7.60. The second-order valence-electron chi connectivity index (χ2n) is 6.55. The normalized spacial score (nSPS) is 25.2. The third kappa shape index (κ3) is 2.83. The minimum atomic E-state index is -0.0996. The molecule has 3 aliphatic rings. The third-order valence-corrected chi connectivity index (χ3v) is 6.27. The van der Waals surface area contributed by atoms with Crippen LogP contribution >= 0.6 is 11.3 Å². The van der Waals surface area contributed by atoms with Crippen LogP contribution in [0.3, 0.4) is 0 Å². The van der Waals surface area contributed by atoms with E-state index in [1.807, 2.05) is 36.4 Å². The number of hydrogen-bond donors (Lipinski definition) is 1. The van der Waals surface area contributed by atoms with Crippen LogP contribution in [0.25, 0.3) is 10.4 Å². The zero-order valence-electron chi connectivity index (χ0n) is 13.4. The van der Waals surface area contributed by atoms with E-state index in [9.17, 15) is 10.1 Å². The Balaban J connectivity index is 1.56. The summed E-state index contributed by atoms with van der Waals surface area (Å²) >= 11 is 1.41. The van der Waals surface area contributed by atoms with E-state index < -0.39 is 0 Å². The minimum absolute atomic E-state index is 0.0996. The van der Waals surface area contributed by atoms with Crippen molar-refractivity contribution in [2.75, 3.05) is 19.6 Å². The van der Waals surface area contributed by atoms with E-state index >= 15 is 0 Å². The summed E-state index contributed by atoms with van der Waals surface area (Å²) in [5.41, 5.74) is 1.51. The Morgan fingerprint density at radius 1 is 1.25 bits per heavy atom. The van der Waals surface area contributed by atoms with Crippen LogP contribution in [0.5, 0.6) is 0 Å². The van der Waals surface area contributed by atoms with Gasteiger partial charge in [0.2, 0.25) is 0 Å². The number of amides is 1. The molecule has 4 nitrogen and oxygen atoms in total. The van der Waals surface area contributed by atoms with E-state index in [4.69, 9.17) is 0 Å². The summed E-state index contributed by atoms with van der Waals surface area (Å²) in [6.45, 7) is 3.24. The van der Waals surface area contributed by atoms with Crippen molar-refractivity contribution in [2.45, 2.75) is 18.9 Å². The van der Waals surface area contributed by atoms with Crippen molar-refractivity contribution in [1.29, 1.82) is 5.26 Å². The smallest absolute Gasteiger partial charge is 0.263 e. The molecular weight excluding hydrogens is 318 g/mol. The van der Waals surface area contributed by atoms with Crippen LogP contribution in [-0.4, -0.2) is 36.5 Å². The largest absolute Gasteiger partial charge is 0.347 e. The number of hydrogen-bond acceptors (Lipinski definition) is 4. The highest BCUT2D eigenvalue weighted by molar-refractivity contribution is 7.17. The van der Waals surface area contributed by atoms with Crippen LogP contribution in [0, 0.1) is 17.2 Å². The van der Waals surface area contributed by atoms with E-state index in [1.54, 1.807) is 0 Å². The number of nitrogens with one attached hydrogen (secondary N) is 1. The molecule has 4 heterocycles. The van der Waals surface area contributed by atoms with E-state index in [0.717, 1.165) is 42.9 Å². The van der Waals surface area contributed by atoms with Gasteiger partial charge in [0.25, 0.3) is 5.91 Å². The molecule has 3 fully saturated rings. The van der Waals surface area contributed by atoms with Crippen molar-refractivity contribution in [2.24, 2.45) is 5.92 Å². The van der Waals surface area contributed by atoms with Gasteiger partial charge in [-0.1, -0.05) is 30.3 Å². The molecule has 0 radical (unpaired) electrons. The molecule has 5 heteroatoms. The van der Waals surface area contributed by atoms with Gasteiger partial charge in [0.15, 0.2) is 0 Å². The standard InChI is InChI=1S/C19H19N3OS/c20-11-15-10-17(14-4-2-1-3-5-14)24-18(15)19(23)21-16-12-22-8-6-13(16)7-9-22/h1-5,10,13,16H,6-9,12H2,(H,21,23)/t16-/m0/s1. The van der Waals surface area contributed by atoms with Crippen molar-refractivity contribution in [3.05, 3.63) is 46.8 Å². The van der Waals surface area contributed by atoms with Gasteiger partial charge in [0, 0.05) is 17.5 Å². The molecule has 3 saturated heterocycles. The average Bonchev–Trinajstić information content (AvgIpc) is 3.08. The van der Waals surface area contributed by atoms with Gasteiger partial charge in [-0.15, -0.1) is 11.3 Å². The highest BCUT2D eigenvalue weighted by Gasteiger charge is 2.35. The van der Waals surface area contributed by atoms with Gasteiger partial charge in [-0.05, 0) is 43.5 Å². The van der Waals surface area contributed by atoms with Gasteiger partial charge in [0.1, 0.15) is 10.9 Å². The lowest BCUT2D eigenvalue weighted by atomic mass is 9.84. The number of nitriles is 1. The number of rotatable bonds is 3. The Bertz CT molecular complexity index is 785. The lowest BCUT2D eigenvalue weighted by Crippen LogP contribution is -2.57. The van der Waals surface area contributed by atoms with Crippen molar-refractivity contribution < 1.29 is 4.79 Å². The lowest BCUT2D eigenvalue weighted by Gasteiger charge is -2.44. The van der Waals surface area contributed by atoms with Crippen molar-refractivity contribution >= 4 is 17.2 Å². The number of piperidine rings is 3. The molecule has 0 saturated carbocycles. The molecule has 3 aliphatic heterocycles. The zero-order chi connectivity index (χ0) is 16.5. The topological polar surface area (TPSA) is 56.1 Å². The maximum absolute atomic E-state index is 12.7. The number of carbonyl (C=O) groups is 1. The molecule has 1 N–H and O–H groups in total. The number of carbonyl (C=O) groups excluding carboxylic acids is 1. The molecule has 0 aliphatic carbocycles. The number of nitrogens with zero attached hydrogens (tertiary/aromatic N) is 2. The van der Waals surface area contributed by atoms with Gasteiger partial charge in [-0.2, -0.15) is 5.26 Å². The van der Waals surface area contributed by atoms with Crippen LogP contribution in [0.4, 0.5) is 0 Å². The minimum Gasteiger partial charge on any atom is -0.347 e. The highest BCUT2D eigenvalue weighted by atomic mass is 32.1. The fourth-order valence-electron chi connectivity index (χ4n) is 3.75. The molecule has 5 rings (SSSR count). The Morgan fingerprint density at radius 2 is 2.00 bits per heavy atom. The van der Waals surface area contributed by atoms with Crippen LogP contribution in [0.2, 0.25) is 0 Å². The average molecular weight is 337 g/mol. The van der Waals surface area contributed by atoms with Gasteiger partial charge in [0.05, 0.1) is 5.56 Å². The third-order valence-electron chi connectivity index (χ3n) is 5.09. The van der Waals surface area contributed by atoms with Gasteiger partial charge in [-0.25, -0.2) is 0 Å². The fraction of sp³-hybridized carbons (Fsp3) is 0.368. The zero-order valence-corrected chi connectivity index (χ0v) is 14.2. The monoisotopic (exact) mass is 337 g/mol. The highest BCUT2D eigenvalue weighted by Crippen LogP contribution is 2.32. The molecule has 122 valence electrons. The van der Waals surface area contributed by atoms with Gasteiger partial charge >= 0.3 is 0 Å². The van der Waals surface area contributed by atoms with Crippen LogP contribution in [0.15, 0.2) is 36.4 Å². The number of thiophene rings is 1. The SMILES string of the molecule is N#Cc1cc(-c2ccccc2)sc1C(=O)N[C@H]1CN2CCC1CC2. The molecule has 1 atom stereocenters. The van der Waals surface area contributed by atoms with Crippen molar-refractivity contribution in [1.82, 2.24) is 10.2 Å². The maximum Gasteiger partial charge on any atom is 0.263 e. The fourth-order valence-corrected chi connectivity index (χ4v) is 4.77. The Morgan fingerprint density at radius 3 is 2.62 bits per heavy atom. The van der Waals surface area contributed by atoms with E-state index in [0.29, 0.717) is 16.4 Å². The summed E-state index contributed by atoms with van der Waals surface area (Å²) in [5.74, 6) is 0.482. The second kappa shape index (κ2) is 6.39. The quantitative estimate of drug-likeness (QED) is 0.936. The van der Waals surface area contributed by atoms with Crippen LogP contribution < -0.4 is 5.32 Å². The molecule has 1 aromatic carbocycles.